The van der Waals surface area contributed by atoms with Gasteiger partial charge in [0.1, 0.15) is 0 Å². The lowest BCUT2D eigenvalue weighted by Crippen LogP contribution is -2.47. The molecule has 0 atom stereocenters. The topological polar surface area (TPSA) is 86.9 Å². The predicted molar refractivity (Wildman–Crippen MR) is 82.4 cm³/mol. The standard InChI is InChI=1S/C14H23N3O3S/c1-16-8-6-13(7-9-16)17(10-11-18)21(19,20)14-4-2-12(15)3-5-14/h2-5,13,18H,6-11,15H2,1H3. The smallest absolute Gasteiger partial charge is 0.243 e. The minimum absolute atomic E-state index is 0.0593. The molecule has 3 N–H and O–H groups in total. The van der Waals surface area contributed by atoms with Gasteiger partial charge in [-0.15, -0.1) is 0 Å². The van der Waals surface area contributed by atoms with Crippen LogP contribution in [0.3, 0.4) is 0 Å². The van der Waals surface area contributed by atoms with E-state index in [9.17, 15) is 13.5 Å². The second-order valence-corrected chi connectivity index (χ2v) is 7.33. The molecular weight excluding hydrogens is 290 g/mol. The number of rotatable bonds is 5. The summed E-state index contributed by atoms with van der Waals surface area (Å²) in [4.78, 5) is 2.41. The Balaban J connectivity index is 2.25. The molecule has 1 fully saturated rings. The third-order valence-corrected chi connectivity index (χ3v) is 5.87. The zero-order chi connectivity index (χ0) is 15.5. The van der Waals surface area contributed by atoms with Crippen molar-refractivity contribution in [1.29, 1.82) is 0 Å². The van der Waals surface area contributed by atoms with E-state index in [-0.39, 0.29) is 24.1 Å². The van der Waals surface area contributed by atoms with Gasteiger partial charge in [-0.1, -0.05) is 0 Å². The Morgan fingerprint density at radius 2 is 1.86 bits per heavy atom. The summed E-state index contributed by atoms with van der Waals surface area (Å²) in [7, 11) is -1.57. The molecule has 118 valence electrons. The van der Waals surface area contributed by atoms with Gasteiger partial charge in [0.15, 0.2) is 0 Å². The highest BCUT2D eigenvalue weighted by molar-refractivity contribution is 7.89. The van der Waals surface area contributed by atoms with Gasteiger partial charge in [-0.25, -0.2) is 8.42 Å². The Kier molecular flexibility index (Phi) is 5.21. The van der Waals surface area contributed by atoms with Crippen molar-refractivity contribution in [3.05, 3.63) is 24.3 Å². The van der Waals surface area contributed by atoms with Crippen LogP contribution in [0.1, 0.15) is 12.8 Å². The maximum absolute atomic E-state index is 12.8. The van der Waals surface area contributed by atoms with Crippen LogP contribution in [-0.4, -0.2) is 62.1 Å². The molecule has 1 aromatic rings. The Hall–Kier alpha value is -1.15. The normalized spacial score (nSPS) is 18.2. The van der Waals surface area contributed by atoms with Gasteiger partial charge in [0.05, 0.1) is 11.5 Å². The maximum Gasteiger partial charge on any atom is 0.243 e. The summed E-state index contributed by atoms with van der Waals surface area (Å²) < 4.78 is 27.0. The predicted octanol–water partition coefficient (Wildman–Crippen LogP) is 0.346. The van der Waals surface area contributed by atoms with Crippen LogP contribution in [0.2, 0.25) is 0 Å². The van der Waals surface area contributed by atoms with Crippen molar-refractivity contribution in [3.8, 4) is 0 Å². The minimum atomic E-state index is -3.60. The largest absolute Gasteiger partial charge is 0.399 e. The Bertz CT molecular complexity index is 551. The Labute approximate surface area is 126 Å². The lowest BCUT2D eigenvalue weighted by molar-refractivity contribution is 0.161. The van der Waals surface area contributed by atoms with Crippen LogP contribution < -0.4 is 5.73 Å². The fourth-order valence-corrected chi connectivity index (χ4v) is 4.33. The molecule has 0 radical (unpaired) electrons. The molecule has 2 rings (SSSR count). The summed E-state index contributed by atoms with van der Waals surface area (Å²) in [5.74, 6) is 0. The summed E-state index contributed by atoms with van der Waals surface area (Å²) in [6.45, 7) is 1.68. The fraction of sp³-hybridized carbons (Fsp3) is 0.571. The summed E-state index contributed by atoms with van der Waals surface area (Å²) in [5, 5.41) is 9.24. The third kappa shape index (κ3) is 3.74. The SMILES string of the molecule is CN1CCC(N(CCO)S(=O)(=O)c2ccc(N)cc2)CC1. The van der Waals surface area contributed by atoms with Gasteiger partial charge in [-0.05, 0) is 57.2 Å². The second kappa shape index (κ2) is 6.74. The number of nitrogens with zero attached hydrogens (tertiary/aromatic N) is 2. The Morgan fingerprint density at radius 1 is 1.29 bits per heavy atom. The molecule has 1 saturated heterocycles. The quantitative estimate of drug-likeness (QED) is 0.766. The van der Waals surface area contributed by atoms with Crippen molar-refractivity contribution in [3.63, 3.8) is 0 Å². The minimum Gasteiger partial charge on any atom is -0.399 e. The van der Waals surface area contributed by atoms with E-state index in [0.29, 0.717) is 5.69 Å². The van der Waals surface area contributed by atoms with Crippen molar-refractivity contribution in [1.82, 2.24) is 9.21 Å². The highest BCUT2D eigenvalue weighted by atomic mass is 32.2. The van der Waals surface area contributed by atoms with Crippen LogP contribution >= 0.6 is 0 Å². The molecule has 0 aromatic heterocycles. The second-order valence-electron chi connectivity index (χ2n) is 5.44. The van der Waals surface area contributed by atoms with Crippen LogP contribution in [0.4, 0.5) is 5.69 Å². The molecule has 7 heteroatoms. The highest BCUT2D eigenvalue weighted by Crippen LogP contribution is 2.24. The van der Waals surface area contributed by atoms with Crippen LogP contribution in [0.5, 0.6) is 0 Å². The van der Waals surface area contributed by atoms with Crippen LogP contribution in [0.15, 0.2) is 29.2 Å². The molecular formula is C14H23N3O3S. The van der Waals surface area contributed by atoms with E-state index in [4.69, 9.17) is 5.73 Å². The average molecular weight is 313 g/mol. The van der Waals surface area contributed by atoms with E-state index >= 15 is 0 Å². The molecule has 21 heavy (non-hydrogen) atoms. The van der Waals surface area contributed by atoms with Gasteiger partial charge in [0.2, 0.25) is 10.0 Å². The number of likely N-dealkylation sites (tertiary alicyclic amines) is 1. The van der Waals surface area contributed by atoms with Crippen molar-refractivity contribution < 1.29 is 13.5 Å². The number of nitrogens with two attached hydrogens (primary N) is 1. The molecule has 0 aliphatic carbocycles. The zero-order valence-corrected chi connectivity index (χ0v) is 13.1. The van der Waals surface area contributed by atoms with E-state index in [1.807, 2.05) is 7.05 Å². The molecule has 0 bridgehead atoms. The van der Waals surface area contributed by atoms with Crippen molar-refractivity contribution in [2.75, 3.05) is 39.0 Å². The third-order valence-electron chi connectivity index (χ3n) is 3.90. The molecule has 0 amide bonds. The summed E-state index contributed by atoms with van der Waals surface area (Å²) in [6.07, 6.45) is 1.56. The highest BCUT2D eigenvalue weighted by Gasteiger charge is 2.32. The first-order valence-electron chi connectivity index (χ1n) is 7.12. The number of hydrogen-bond donors (Lipinski definition) is 2. The number of anilines is 1. The molecule has 1 heterocycles. The van der Waals surface area contributed by atoms with Crippen molar-refractivity contribution in [2.24, 2.45) is 0 Å². The number of benzene rings is 1. The molecule has 0 saturated carbocycles. The van der Waals surface area contributed by atoms with E-state index in [0.717, 1.165) is 25.9 Å². The average Bonchev–Trinajstić information content (AvgIpc) is 2.46. The molecule has 1 aliphatic rings. The molecule has 6 nitrogen and oxygen atoms in total. The van der Waals surface area contributed by atoms with E-state index in [1.165, 1.54) is 16.4 Å². The van der Waals surface area contributed by atoms with Gasteiger partial charge in [-0.3, -0.25) is 0 Å². The van der Waals surface area contributed by atoms with Crippen LogP contribution in [0, 0.1) is 0 Å². The molecule has 1 aromatic carbocycles. The van der Waals surface area contributed by atoms with Gasteiger partial charge >= 0.3 is 0 Å². The number of hydrogen-bond acceptors (Lipinski definition) is 5. The number of aliphatic hydroxyl groups is 1. The summed E-state index contributed by atoms with van der Waals surface area (Å²) >= 11 is 0. The fourth-order valence-electron chi connectivity index (χ4n) is 2.66. The monoisotopic (exact) mass is 313 g/mol. The van der Waals surface area contributed by atoms with Crippen molar-refractivity contribution >= 4 is 15.7 Å². The number of nitrogen functional groups attached to an aromatic ring is 1. The molecule has 1 aliphatic heterocycles. The van der Waals surface area contributed by atoms with Gasteiger partial charge in [0, 0.05) is 18.3 Å². The molecule has 0 unspecified atom stereocenters. The number of piperidine rings is 1. The maximum atomic E-state index is 12.8. The zero-order valence-electron chi connectivity index (χ0n) is 12.3. The first-order chi connectivity index (χ1) is 9.95. The molecule has 0 spiro atoms. The Morgan fingerprint density at radius 3 is 2.38 bits per heavy atom. The van der Waals surface area contributed by atoms with E-state index in [1.54, 1.807) is 12.1 Å². The van der Waals surface area contributed by atoms with Gasteiger partial charge < -0.3 is 15.7 Å². The lowest BCUT2D eigenvalue weighted by Gasteiger charge is -2.36. The number of sulfonamides is 1. The first kappa shape index (κ1) is 16.2. The first-order valence-corrected chi connectivity index (χ1v) is 8.56. The van der Waals surface area contributed by atoms with Gasteiger partial charge in [0.25, 0.3) is 0 Å². The van der Waals surface area contributed by atoms with Crippen molar-refractivity contribution in [2.45, 2.75) is 23.8 Å². The van der Waals surface area contributed by atoms with Crippen LogP contribution in [-0.2, 0) is 10.0 Å². The summed E-state index contributed by atoms with van der Waals surface area (Å²) in [6, 6.07) is 6.14. The van der Waals surface area contributed by atoms with Gasteiger partial charge in [-0.2, -0.15) is 4.31 Å². The van der Waals surface area contributed by atoms with Crippen LogP contribution in [0.25, 0.3) is 0 Å². The lowest BCUT2D eigenvalue weighted by atomic mass is 10.1. The van der Waals surface area contributed by atoms with E-state index in [2.05, 4.69) is 4.90 Å². The van der Waals surface area contributed by atoms with E-state index < -0.39 is 10.0 Å². The number of aliphatic hydroxyl groups excluding tert-OH is 1. The summed E-state index contributed by atoms with van der Waals surface area (Å²) in [5.41, 5.74) is 6.14.